The van der Waals surface area contributed by atoms with Gasteiger partial charge in [0.15, 0.2) is 0 Å². The van der Waals surface area contributed by atoms with Crippen LogP contribution in [-0.2, 0) is 10.0 Å². The van der Waals surface area contributed by atoms with Crippen LogP contribution in [0.1, 0.15) is 40.4 Å². The molecule has 0 unspecified atom stereocenters. The molecule has 1 amide bonds. The van der Waals surface area contributed by atoms with E-state index >= 15 is 0 Å². The van der Waals surface area contributed by atoms with Crippen LogP contribution >= 0.6 is 0 Å². The number of hydrogen-bond acceptors (Lipinski definition) is 4. The Kier molecular flexibility index (Phi) is 6.58. The minimum absolute atomic E-state index is 0.0984. The molecule has 4 rings (SSSR count). The molecular formula is C25H26N2O4S. The summed E-state index contributed by atoms with van der Waals surface area (Å²) in [7, 11) is -2.19. The molecule has 0 atom stereocenters. The van der Waals surface area contributed by atoms with Crippen LogP contribution in [0.2, 0.25) is 0 Å². The molecule has 3 aromatic carbocycles. The Morgan fingerprint density at radius 1 is 0.906 bits per heavy atom. The van der Waals surface area contributed by atoms with Crippen molar-refractivity contribution >= 4 is 15.9 Å². The molecule has 7 heteroatoms. The molecule has 0 aliphatic carbocycles. The van der Waals surface area contributed by atoms with Crippen LogP contribution < -0.4 is 10.1 Å². The van der Waals surface area contributed by atoms with Crippen molar-refractivity contribution < 1.29 is 17.9 Å². The van der Waals surface area contributed by atoms with E-state index in [1.165, 1.54) is 29.6 Å². The third-order valence-corrected chi connectivity index (χ3v) is 7.55. The summed E-state index contributed by atoms with van der Waals surface area (Å²) >= 11 is 0. The number of sulfonamides is 1. The van der Waals surface area contributed by atoms with Gasteiger partial charge in [0.1, 0.15) is 5.75 Å². The van der Waals surface area contributed by atoms with Crippen molar-refractivity contribution in [2.24, 2.45) is 0 Å². The van der Waals surface area contributed by atoms with Crippen molar-refractivity contribution in [3.8, 4) is 5.75 Å². The first-order valence-electron chi connectivity index (χ1n) is 10.6. The van der Waals surface area contributed by atoms with Gasteiger partial charge in [0.05, 0.1) is 23.6 Å². The van der Waals surface area contributed by atoms with Crippen molar-refractivity contribution in [3.63, 3.8) is 0 Å². The molecule has 1 N–H and O–H groups in total. The molecule has 0 aromatic heterocycles. The predicted octanol–water partition coefficient (Wildman–Crippen LogP) is 4.00. The lowest BCUT2D eigenvalue weighted by molar-refractivity contribution is 0.0939. The maximum absolute atomic E-state index is 13.4. The van der Waals surface area contributed by atoms with Crippen LogP contribution in [0.15, 0.2) is 83.8 Å². The van der Waals surface area contributed by atoms with Gasteiger partial charge in [-0.15, -0.1) is 0 Å². The third kappa shape index (κ3) is 4.54. The molecule has 0 radical (unpaired) electrons. The van der Waals surface area contributed by atoms with Gasteiger partial charge in [-0.1, -0.05) is 60.7 Å². The van der Waals surface area contributed by atoms with Crippen LogP contribution in [0.25, 0.3) is 0 Å². The van der Waals surface area contributed by atoms with E-state index in [-0.39, 0.29) is 10.5 Å². The standard InChI is InChI=1S/C25H26N2O4S/c1-31-23-15-14-21(32(29,30)27-16-8-9-17-27)18-22(23)25(28)26-24(19-10-4-2-5-11-19)20-12-6-3-7-13-20/h2-7,10-15,18,24H,8-9,16-17H2,1H3,(H,26,28). The van der Waals surface area contributed by atoms with E-state index < -0.39 is 22.0 Å². The lowest BCUT2D eigenvalue weighted by Crippen LogP contribution is -2.31. The zero-order valence-electron chi connectivity index (χ0n) is 17.9. The van der Waals surface area contributed by atoms with Gasteiger partial charge in [-0.05, 0) is 42.2 Å². The van der Waals surface area contributed by atoms with E-state index in [9.17, 15) is 13.2 Å². The first kappa shape index (κ1) is 22.0. The van der Waals surface area contributed by atoms with Gasteiger partial charge in [0.25, 0.3) is 5.91 Å². The van der Waals surface area contributed by atoms with Crippen molar-refractivity contribution in [2.45, 2.75) is 23.8 Å². The Hall–Kier alpha value is -3.16. The highest BCUT2D eigenvalue weighted by molar-refractivity contribution is 7.89. The van der Waals surface area contributed by atoms with E-state index in [1.807, 2.05) is 60.7 Å². The van der Waals surface area contributed by atoms with Crippen LogP contribution in [0.4, 0.5) is 0 Å². The van der Waals surface area contributed by atoms with E-state index in [1.54, 1.807) is 0 Å². The van der Waals surface area contributed by atoms with E-state index in [0.717, 1.165) is 24.0 Å². The minimum atomic E-state index is -3.65. The fourth-order valence-corrected chi connectivity index (χ4v) is 5.51. The summed E-state index contributed by atoms with van der Waals surface area (Å²) in [6, 6.07) is 23.4. The van der Waals surface area contributed by atoms with Gasteiger partial charge < -0.3 is 10.1 Å². The number of methoxy groups -OCH3 is 1. The number of nitrogens with one attached hydrogen (secondary N) is 1. The largest absolute Gasteiger partial charge is 0.496 e. The van der Waals surface area contributed by atoms with Gasteiger partial charge in [0, 0.05) is 13.1 Å². The zero-order valence-corrected chi connectivity index (χ0v) is 18.7. The second-order valence-corrected chi connectivity index (χ2v) is 9.64. The maximum atomic E-state index is 13.4. The lowest BCUT2D eigenvalue weighted by Gasteiger charge is -2.21. The summed E-state index contributed by atoms with van der Waals surface area (Å²) in [5.41, 5.74) is 2.03. The molecule has 1 saturated heterocycles. The normalized spacial score (nSPS) is 14.4. The molecule has 1 aliphatic heterocycles. The highest BCUT2D eigenvalue weighted by atomic mass is 32.2. The minimum Gasteiger partial charge on any atom is -0.496 e. The lowest BCUT2D eigenvalue weighted by atomic mass is 9.98. The molecule has 1 aliphatic rings. The first-order valence-corrected chi connectivity index (χ1v) is 12.0. The summed E-state index contributed by atoms with van der Waals surface area (Å²) in [6.07, 6.45) is 1.69. The molecule has 1 fully saturated rings. The molecule has 6 nitrogen and oxygen atoms in total. The fraction of sp³-hybridized carbons (Fsp3) is 0.240. The number of hydrogen-bond donors (Lipinski definition) is 1. The van der Waals surface area contributed by atoms with Crippen LogP contribution in [0.3, 0.4) is 0 Å². The highest BCUT2D eigenvalue weighted by Crippen LogP contribution is 2.28. The number of amides is 1. The van der Waals surface area contributed by atoms with Gasteiger partial charge in [-0.3, -0.25) is 4.79 Å². The maximum Gasteiger partial charge on any atom is 0.255 e. The topological polar surface area (TPSA) is 75.7 Å². The number of carbonyl (C=O) groups excluding carboxylic acids is 1. The quantitative estimate of drug-likeness (QED) is 0.590. The predicted molar refractivity (Wildman–Crippen MR) is 123 cm³/mol. The van der Waals surface area contributed by atoms with Crippen molar-refractivity contribution in [1.29, 1.82) is 0 Å². The third-order valence-electron chi connectivity index (χ3n) is 5.66. The Labute approximate surface area is 188 Å². The Balaban J connectivity index is 1.69. The number of ether oxygens (including phenoxy) is 1. The van der Waals surface area contributed by atoms with Crippen molar-refractivity contribution in [2.75, 3.05) is 20.2 Å². The molecule has 32 heavy (non-hydrogen) atoms. The smallest absolute Gasteiger partial charge is 0.255 e. The second-order valence-electron chi connectivity index (χ2n) is 7.70. The Morgan fingerprint density at radius 2 is 1.47 bits per heavy atom. The SMILES string of the molecule is COc1ccc(S(=O)(=O)N2CCCC2)cc1C(=O)NC(c1ccccc1)c1ccccc1. The fourth-order valence-electron chi connectivity index (χ4n) is 3.96. The Bertz CT molecular complexity index is 1140. The molecule has 3 aromatic rings. The number of rotatable bonds is 7. The summed E-state index contributed by atoms with van der Waals surface area (Å²) in [6.45, 7) is 1.000. The summed E-state index contributed by atoms with van der Waals surface area (Å²) in [5.74, 6) is -0.0826. The van der Waals surface area contributed by atoms with Crippen molar-refractivity contribution in [1.82, 2.24) is 9.62 Å². The first-order chi connectivity index (χ1) is 15.5. The molecule has 1 heterocycles. The van der Waals surface area contributed by atoms with Gasteiger partial charge in [-0.25, -0.2) is 8.42 Å². The molecule has 166 valence electrons. The molecule has 0 spiro atoms. The van der Waals surface area contributed by atoms with Crippen LogP contribution in [0, 0.1) is 0 Å². The van der Waals surface area contributed by atoms with Crippen LogP contribution in [0.5, 0.6) is 5.75 Å². The summed E-state index contributed by atoms with van der Waals surface area (Å²) in [4.78, 5) is 13.5. The van der Waals surface area contributed by atoms with E-state index in [0.29, 0.717) is 18.8 Å². The summed E-state index contributed by atoms with van der Waals surface area (Å²) in [5, 5.41) is 3.06. The van der Waals surface area contributed by atoms with E-state index in [2.05, 4.69) is 5.32 Å². The molecular weight excluding hydrogens is 424 g/mol. The van der Waals surface area contributed by atoms with E-state index in [4.69, 9.17) is 4.74 Å². The van der Waals surface area contributed by atoms with Crippen LogP contribution in [-0.4, -0.2) is 38.8 Å². The zero-order chi connectivity index (χ0) is 22.6. The number of carbonyl (C=O) groups is 1. The number of benzene rings is 3. The Morgan fingerprint density at radius 3 is 2.00 bits per heavy atom. The molecule has 0 bridgehead atoms. The van der Waals surface area contributed by atoms with Gasteiger partial charge in [0.2, 0.25) is 10.0 Å². The molecule has 0 saturated carbocycles. The van der Waals surface area contributed by atoms with Gasteiger partial charge >= 0.3 is 0 Å². The van der Waals surface area contributed by atoms with Gasteiger partial charge in [-0.2, -0.15) is 4.31 Å². The summed E-state index contributed by atoms with van der Waals surface area (Å²) < 4.78 is 32.9. The number of nitrogens with zero attached hydrogens (tertiary/aromatic N) is 1. The monoisotopic (exact) mass is 450 g/mol. The van der Waals surface area contributed by atoms with Crippen molar-refractivity contribution in [3.05, 3.63) is 95.6 Å². The second kappa shape index (κ2) is 9.54. The average Bonchev–Trinajstić information content (AvgIpc) is 3.39. The average molecular weight is 451 g/mol. The highest BCUT2D eigenvalue weighted by Gasteiger charge is 2.29.